The van der Waals surface area contributed by atoms with E-state index in [0.29, 0.717) is 16.1 Å². The molecule has 1 N–H and O–H groups in total. The molecule has 2 heterocycles. The fourth-order valence-corrected chi connectivity index (χ4v) is 4.18. The van der Waals surface area contributed by atoms with Gasteiger partial charge in [-0.2, -0.15) is 0 Å². The van der Waals surface area contributed by atoms with Gasteiger partial charge >= 0.3 is 0 Å². The summed E-state index contributed by atoms with van der Waals surface area (Å²) in [6, 6.07) is 8.27. The quantitative estimate of drug-likeness (QED) is 0.695. The maximum absolute atomic E-state index is 13.9. The lowest BCUT2D eigenvalue weighted by molar-refractivity contribution is 0.0943. The summed E-state index contributed by atoms with van der Waals surface area (Å²) in [5.74, 6) is -0.474. The first-order valence-electron chi connectivity index (χ1n) is 7.65. The van der Waals surface area contributed by atoms with Gasteiger partial charge in [0.1, 0.15) is 9.88 Å². The van der Waals surface area contributed by atoms with Crippen LogP contribution in [-0.4, -0.2) is 18.0 Å². The van der Waals surface area contributed by atoms with Crippen LogP contribution >= 0.6 is 22.7 Å². The Morgan fingerprint density at radius 2 is 2.16 bits per heavy atom. The molecule has 4 nitrogen and oxygen atoms in total. The molecule has 130 valence electrons. The van der Waals surface area contributed by atoms with Crippen LogP contribution in [0.1, 0.15) is 33.9 Å². The number of nitrogens with one attached hydrogen (secondary N) is 1. The number of thiazole rings is 1. The van der Waals surface area contributed by atoms with Crippen LogP contribution < -0.4 is 10.1 Å². The second kappa shape index (κ2) is 7.33. The van der Waals surface area contributed by atoms with E-state index >= 15 is 0 Å². The summed E-state index contributed by atoms with van der Waals surface area (Å²) in [7, 11) is 1.42. The molecule has 2 aromatic heterocycles. The third-order valence-electron chi connectivity index (χ3n) is 3.76. The van der Waals surface area contributed by atoms with Crippen LogP contribution in [0, 0.1) is 12.7 Å². The van der Waals surface area contributed by atoms with Gasteiger partial charge in [-0.05, 0) is 43.0 Å². The largest absolute Gasteiger partial charge is 0.494 e. The van der Waals surface area contributed by atoms with E-state index in [2.05, 4.69) is 10.3 Å². The van der Waals surface area contributed by atoms with Crippen LogP contribution in [0.25, 0.3) is 9.88 Å². The van der Waals surface area contributed by atoms with Crippen LogP contribution in [0.15, 0.2) is 35.7 Å². The number of methoxy groups -OCH3 is 1. The van der Waals surface area contributed by atoms with Crippen molar-refractivity contribution in [3.63, 3.8) is 0 Å². The van der Waals surface area contributed by atoms with Crippen LogP contribution in [0.4, 0.5) is 4.39 Å². The van der Waals surface area contributed by atoms with Gasteiger partial charge in [0.25, 0.3) is 5.91 Å². The van der Waals surface area contributed by atoms with E-state index in [-0.39, 0.29) is 17.7 Å². The molecule has 1 atom stereocenters. The first-order chi connectivity index (χ1) is 12.0. The van der Waals surface area contributed by atoms with Crippen molar-refractivity contribution >= 4 is 28.6 Å². The Morgan fingerprint density at radius 3 is 2.80 bits per heavy atom. The molecule has 0 spiro atoms. The first-order valence-corrected chi connectivity index (χ1v) is 9.34. The predicted molar refractivity (Wildman–Crippen MR) is 99.0 cm³/mol. The van der Waals surface area contributed by atoms with Gasteiger partial charge in [-0.1, -0.05) is 12.1 Å². The van der Waals surface area contributed by atoms with E-state index in [9.17, 15) is 9.18 Å². The maximum Gasteiger partial charge on any atom is 0.263 e. The molecule has 0 saturated heterocycles. The van der Waals surface area contributed by atoms with Gasteiger partial charge in [0.05, 0.1) is 23.7 Å². The zero-order chi connectivity index (χ0) is 18.0. The fraction of sp³-hybridized carbons (Fsp3) is 0.222. The van der Waals surface area contributed by atoms with Crippen molar-refractivity contribution < 1.29 is 13.9 Å². The fourth-order valence-electron chi connectivity index (χ4n) is 2.41. The van der Waals surface area contributed by atoms with E-state index in [4.69, 9.17) is 4.74 Å². The van der Waals surface area contributed by atoms with Crippen molar-refractivity contribution in [3.8, 4) is 15.6 Å². The third-order valence-corrected chi connectivity index (χ3v) is 5.95. The lowest BCUT2D eigenvalue weighted by Crippen LogP contribution is -2.26. The van der Waals surface area contributed by atoms with Crippen LogP contribution in [0.5, 0.6) is 5.75 Å². The number of halogens is 1. The average molecular weight is 376 g/mol. The number of carbonyl (C=O) groups excluding carboxylic acids is 1. The number of aryl methyl sites for hydroxylation is 1. The minimum absolute atomic E-state index is 0.182. The number of aromatic nitrogens is 1. The average Bonchev–Trinajstić information content (AvgIpc) is 3.24. The molecule has 0 aliphatic heterocycles. The summed E-state index contributed by atoms with van der Waals surface area (Å²) in [4.78, 5) is 18.7. The van der Waals surface area contributed by atoms with Crippen molar-refractivity contribution in [1.82, 2.24) is 10.3 Å². The molecule has 25 heavy (non-hydrogen) atoms. The summed E-state index contributed by atoms with van der Waals surface area (Å²) in [5, 5.41) is 5.72. The van der Waals surface area contributed by atoms with E-state index in [1.165, 1.54) is 24.5 Å². The molecule has 0 bridgehead atoms. The van der Waals surface area contributed by atoms with Crippen LogP contribution in [0.2, 0.25) is 0 Å². The Balaban J connectivity index is 1.77. The highest BCUT2D eigenvalue weighted by atomic mass is 32.1. The van der Waals surface area contributed by atoms with Gasteiger partial charge in [0, 0.05) is 0 Å². The molecule has 0 aliphatic carbocycles. The highest BCUT2D eigenvalue weighted by Gasteiger charge is 2.19. The number of rotatable bonds is 5. The molecule has 3 rings (SSSR count). The number of hydrogen-bond donors (Lipinski definition) is 1. The molecule has 7 heteroatoms. The number of nitrogens with zero attached hydrogens (tertiary/aromatic N) is 1. The van der Waals surface area contributed by atoms with Crippen LogP contribution in [-0.2, 0) is 0 Å². The monoisotopic (exact) mass is 376 g/mol. The van der Waals surface area contributed by atoms with Crippen molar-refractivity contribution in [2.75, 3.05) is 7.11 Å². The number of ether oxygens (including phenoxy) is 1. The van der Waals surface area contributed by atoms with E-state index < -0.39 is 5.82 Å². The molecule has 0 radical (unpaired) electrons. The van der Waals surface area contributed by atoms with Crippen LogP contribution in [0.3, 0.4) is 0 Å². The minimum Gasteiger partial charge on any atom is -0.494 e. The number of amides is 1. The second-order valence-corrected chi connectivity index (χ2v) is 7.45. The highest BCUT2D eigenvalue weighted by molar-refractivity contribution is 7.22. The molecular weight excluding hydrogens is 359 g/mol. The van der Waals surface area contributed by atoms with E-state index in [1.54, 1.807) is 23.5 Å². The molecule has 1 aromatic carbocycles. The zero-order valence-electron chi connectivity index (χ0n) is 14.0. The Kier molecular flexibility index (Phi) is 5.15. The summed E-state index contributed by atoms with van der Waals surface area (Å²) >= 11 is 2.95. The van der Waals surface area contributed by atoms with Crippen molar-refractivity contribution in [3.05, 3.63) is 57.7 Å². The molecular formula is C18H17FN2O2S2. The van der Waals surface area contributed by atoms with Gasteiger partial charge < -0.3 is 10.1 Å². The van der Waals surface area contributed by atoms with Gasteiger partial charge in [-0.3, -0.25) is 4.79 Å². The highest BCUT2D eigenvalue weighted by Crippen LogP contribution is 2.31. The number of carbonyl (C=O) groups is 1. The smallest absolute Gasteiger partial charge is 0.263 e. The summed E-state index contributed by atoms with van der Waals surface area (Å²) < 4.78 is 18.8. The number of hydrogen-bond acceptors (Lipinski definition) is 5. The van der Waals surface area contributed by atoms with Gasteiger partial charge in [-0.25, -0.2) is 9.37 Å². The SMILES string of the molecule is COc1ccc(C(C)NC(=O)c2sc(-c3cccs3)nc2C)cc1F. The number of thiophene rings is 1. The molecule has 3 aromatic rings. The summed E-state index contributed by atoms with van der Waals surface area (Å²) in [6.45, 7) is 3.63. The first kappa shape index (κ1) is 17.6. The summed E-state index contributed by atoms with van der Waals surface area (Å²) in [5.41, 5.74) is 1.37. The Labute approximate surface area is 153 Å². The normalized spacial score (nSPS) is 12.0. The van der Waals surface area contributed by atoms with Gasteiger partial charge in [0.2, 0.25) is 0 Å². The molecule has 0 saturated carbocycles. The van der Waals surface area contributed by atoms with Crippen molar-refractivity contribution in [2.24, 2.45) is 0 Å². The van der Waals surface area contributed by atoms with Gasteiger partial charge in [0.15, 0.2) is 11.6 Å². The third kappa shape index (κ3) is 3.72. The molecule has 1 amide bonds. The second-order valence-electron chi connectivity index (χ2n) is 5.50. The lowest BCUT2D eigenvalue weighted by Gasteiger charge is -2.14. The predicted octanol–water partition coefficient (Wildman–Crippen LogP) is 4.82. The zero-order valence-corrected chi connectivity index (χ0v) is 15.6. The topological polar surface area (TPSA) is 51.2 Å². The Hall–Kier alpha value is -2.25. The minimum atomic E-state index is -0.449. The van der Waals surface area contributed by atoms with Crippen molar-refractivity contribution in [1.29, 1.82) is 0 Å². The molecule has 0 fully saturated rings. The van der Waals surface area contributed by atoms with Crippen molar-refractivity contribution in [2.45, 2.75) is 19.9 Å². The Bertz CT molecular complexity index is 891. The molecule has 0 aliphatic rings. The molecule has 1 unspecified atom stereocenters. The maximum atomic E-state index is 13.9. The number of benzene rings is 1. The van der Waals surface area contributed by atoms with E-state index in [1.807, 2.05) is 31.4 Å². The summed E-state index contributed by atoms with van der Waals surface area (Å²) in [6.07, 6.45) is 0. The van der Waals surface area contributed by atoms with Gasteiger partial charge in [-0.15, -0.1) is 22.7 Å². The standard InChI is InChI=1S/C18H17FN2O2S2/c1-10(12-6-7-14(23-3)13(19)9-12)20-17(22)16-11(2)21-18(25-16)15-5-4-8-24-15/h4-10H,1-3H3,(H,20,22). The lowest BCUT2D eigenvalue weighted by atomic mass is 10.1. The van der Waals surface area contributed by atoms with E-state index in [0.717, 1.165) is 9.88 Å². The Morgan fingerprint density at radius 1 is 1.36 bits per heavy atom.